The molecule has 0 radical (unpaired) electrons. The van der Waals surface area contributed by atoms with E-state index in [2.05, 4.69) is 30.3 Å². The van der Waals surface area contributed by atoms with Crippen molar-refractivity contribution >= 4 is 5.57 Å². The highest BCUT2D eigenvalue weighted by atomic mass is 14.4. The highest BCUT2D eigenvalue weighted by Crippen LogP contribution is 2.50. The van der Waals surface area contributed by atoms with E-state index in [-0.39, 0.29) is 0 Å². The van der Waals surface area contributed by atoms with Gasteiger partial charge in [-0.25, -0.2) is 0 Å². The SMILES string of the molecule is N#C/C=C1/CCC(C2CC2)c2ccccc21. The number of benzene rings is 1. The first-order valence-electron chi connectivity index (χ1n) is 6.08. The molecule has 0 aliphatic heterocycles. The standard InChI is InChI=1S/C15H15N/c16-10-9-12-7-8-14(11-5-6-11)15-4-2-1-3-13(12)15/h1-4,9,11,14H,5-8H2/b12-9-. The molecule has 0 amide bonds. The van der Waals surface area contributed by atoms with Crippen molar-refractivity contribution < 1.29 is 0 Å². The molecule has 3 rings (SSSR count). The van der Waals surface area contributed by atoms with Gasteiger partial charge in [0, 0.05) is 6.08 Å². The van der Waals surface area contributed by atoms with Gasteiger partial charge < -0.3 is 0 Å². The third kappa shape index (κ3) is 1.55. The molecule has 2 aliphatic rings. The van der Waals surface area contributed by atoms with E-state index in [9.17, 15) is 0 Å². The maximum Gasteiger partial charge on any atom is 0.0915 e. The van der Waals surface area contributed by atoms with Gasteiger partial charge in [-0.3, -0.25) is 0 Å². The van der Waals surface area contributed by atoms with Crippen LogP contribution in [-0.2, 0) is 0 Å². The van der Waals surface area contributed by atoms with Crippen LogP contribution < -0.4 is 0 Å². The molecular formula is C15H15N. The molecule has 1 fully saturated rings. The van der Waals surface area contributed by atoms with Crippen molar-refractivity contribution in [1.82, 2.24) is 0 Å². The van der Waals surface area contributed by atoms with Crippen molar-refractivity contribution in [3.8, 4) is 6.07 Å². The lowest BCUT2D eigenvalue weighted by Crippen LogP contribution is -2.10. The molecule has 1 unspecified atom stereocenters. The van der Waals surface area contributed by atoms with Crippen LogP contribution in [0.4, 0.5) is 0 Å². The topological polar surface area (TPSA) is 23.8 Å². The molecule has 0 heterocycles. The Labute approximate surface area is 96.4 Å². The zero-order valence-electron chi connectivity index (χ0n) is 9.32. The Morgan fingerprint density at radius 2 is 2.00 bits per heavy atom. The predicted octanol–water partition coefficient (Wildman–Crippen LogP) is 3.88. The van der Waals surface area contributed by atoms with Gasteiger partial charge in [-0.15, -0.1) is 0 Å². The second kappa shape index (κ2) is 3.79. The monoisotopic (exact) mass is 209 g/mol. The van der Waals surface area contributed by atoms with Crippen LogP contribution in [0.15, 0.2) is 30.3 Å². The summed E-state index contributed by atoms with van der Waals surface area (Å²) in [7, 11) is 0. The quantitative estimate of drug-likeness (QED) is 0.644. The molecule has 2 aliphatic carbocycles. The number of fused-ring (bicyclic) bond motifs is 1. The first-order valence-corrected chi connectivity index (χ1v) is 6.08. The molecule has 0 bridgehead atoms. The summed E-state index contributed by atoms with van der Waals surface area (Å²) >= 11 is 0. The summed E-state index contributed by atoms with van der Waals surface area (Å²) in [5.74, 6) is 1.68. The molecule has 1 aromatic carbocycles. The highest BCUT2D eigenvalue weighted by molar-refractivity contribution is 5.72. The summed E-state index contributed by atoms with van der Waals surface area (Å²) < 4.78 is 0. The van der Waals surface area contributed by atoms with Gasteiger partial charge in [-0.2, -0.15) is 5.26 Å². The van der Waals surface area contributed by atoms with E-state index in [1.54, 1.807) is 6.08 Å². The summed E-state index contributed by atoms with van der Waals surface area (Å²) in [6.45, 7) is 0. The van der Waals surface area contributed by atoms with Crippen molar-refractivity contribution in [2.24, 2.45) is 5.92 Å². The molecule has 0 aromatic heterocycles. The molecule has 0 saturated heterocycles. The Hall–Kier alpha value is -1.55. The Morgan fingerprint density at radius 1 is 1.19 bits per heavy atom. The van der Waals surface area contributed by atoms with Gasteiger partial charge in [-0.1, -0.05) is 24.3 Å². The Balaban J connectivity index is 2.06. The average molecular weight is 209 g/mol. The van der Waals surface area contributed by atoms with Crippen LogP contribution >= 0.6 is 0 Å². The Kier molecular flexibility index (Phi) is 2.29. The summed E-state index contributed by atoms with van der Waals surface area (Å²) in [5.41, 5.74) is 4.04. The van der Waals surface area contributed by atoms with Gasteiger partial charge in [0.05, 0.1) is 6.07 Å². The van der Waals surface area contributed by atoms with Crippen LogP contribution in [0.2, 0.25) is 0 Å². The van der Waals surface area contributed by atoms with Crippen LogP contribution in [0, 0.1) is 17.2 Å². The molecule has 1 aromatic rings. The minimum absolute atomic E-state index is 0.757. The lowest BCUT2D eigenvalue weighted by Gasteiger charge is -2.27. The molecule has 0 N–H and O–H groups in total. The molecular weight excluding hydrogens is 194 g/mol. The molecule has 1 atom stereocenters. The fourth-order valence-corrected chi connectivity index (χ4v) is 2.93. The van der Waals surface area contributed by atoms with Crippen molar-refractivity contribution in [2.45, 2.75) is 31.6 Å². The van der Waals surface area contributed by atoms with Gasteiger partial charge in [-0.05, 0) is 54.2 Å². The maximum atomic E-state index is 8.81. The first-order chi connectivity index (χ1) is 7.90. The lowest BCUT2D eigenvalue weighted by molar-refractivity contribution is 0.553. The minimum atomic E-state index is 0.757. The number of allylic oxidation sites excluding steroid dienone is 2. The summed E-state index contributed by atoms with van der Waals surface area (Å²) in [6.07, 6.45) is 6.83. The zero-order chi connectivity index (χ0) is 11.0. The van der Waals surface area contributed by atoms with E-state index in [4.69, 9.17) is 5.26 Å². The third-order valence-corrected chi connectivity index (χ3v) is 3.86. The third-order valence-electron chi connectivity index (χ3n) is 3.86. The van der Waals surface area contributed by atoms with Gasteiger partial charge >= 0.3 is 0 Å². The van der Waals surface area contributed by atoms with E-state index >= 15 is 0 Å². The van der Waals surface area contributed by atoms with Gasteiger partial charge in [0.15, 0.2) is 0 Å². The number of rotatable bonds is 1. The van der Waals surface area contributed by atoms with E-state index in [0.717, 1.165) is 18.3 Å². The zero-order valence-corrected chi connectivity index (χ0v) is 9.32. The molecule has 80 valence electrons. The fraction of sp³-hybridized carbons (Fsp3) is 0.400. The van der Waals surface area contributed by atoms with Gasteiger partial charge in [0.25, 0.3) is 0 Å². The number of nitriles is 1. The second-order valence-corrected chi connectivity index (χ2v) is 4.87. The van der Waals surface area contributed by atoms with Gasteiger partial charge in [0.1, 0.15) is 0 Å². The minimum Gasteiger partial charge on any atom is -0.193 e. The number of hydrogen-bond acceptors (Lipinski definition) is 1. The molecule has 1 nitrogen and oxygen atoms in total. The van der Waals surface area contributed by atoms with Crippen LogP contribution in [-0.4, -0.2) is 0 Å². The van der Waals surface area contributed by atoms with Crippen LogP contribution in [0.1, 0.15) is 42.7 Å². The van der Waals surface area contributed by atoms with E-state index in [1.807, 2.05) is 0 Å². The van der Waals surface area contributed by atoms with Crippen molar-refractivity contribution in [2.75, 3.05) is 0 Å². The Morgan fingerprint density at radius 3 is 2.75 bits per heavy atom. The Bertz CT molecular complexity index is 474. The lowest BCUT2D eigenvalue weighted by atomic mass is 9.77. The van der Waals surface area contributed by atoms with Crippen LogP contribution in [0.25, 0.3) is 5.57 Å². The van der Waals surface area contributed by atoms with Crippen molar-refractivity contribution in [3.05, 3.63) is 41.5 Å². The molecule has 0 spiro atoms. The first kappa shape index (κ1) is 9.66. The highest BCUT2D eigenvalue weighted by Gasteiger charge is 2.35. The molecule has 1 saturated carbocycles. The summed E-state index contributed by atoms with van der Waals surface area (Å²) in [4.78, 5) is 0. The number of nitrogens with zero attached hydrogens (tertiary/aromatic N) is 1. The summed E-state index contributed by atoms with van der Waals surface area (Å²) in [5, 5.41) is 8.81. The largest absolute Gasteiger partial charge is 0.193 e. The predicted molar refractivity (Wildman–Crippen MR) is 64.7 cm³/mol. The second-order valence-electron chi connectivity index (χ2n) is 4.87. The van der Waals surface area contributed by atoms with Crippen LogP contribution in [0.3, 0.4) is 0 Å². The van der Waals surface area contributed by atoms with Crippen molar-refractivity contribution in [1.29, 1.82) is 5.26 Å². The average Bonchev–Trinajstić information content (AvgIpc) is 3.14. The van der Waals surface area contributed by atoms with E-state index < -0.39 is 0 Å². The fourth-order valence-electron chi connectivity index (χ4n) is 2.93. The van der Waals surface area contributed by atoms with E-state index in [1.165, 1.54) is 36.0 Å². The van der Waals surface area contributed by atoms with Crippen LogP contribution in [0.5, 0.6) is 0 Å². The normalized spacial score (nSPS) is 26.2. The summed E-state index contributed by atoms with van der Waals surface area (Å²) in [6, 6.07) is 10.8. The molecule has 1 heteroatoms. The van der Waals surface area contributed by atoms with Crippen molar-refractivity contribution in [3.63, 3.8) is 0 Å². The maximum absolute atomic E-state index is 8.81. The number of hydrogen-bond donors (Lipinski definition) is 0. The van der Waals surface area contributed by atoms with E-state index in [0.29, 0.717) is 0 Å². The molecule has 16 heavy (non-hydrogen) atoms. The smallest absolute Gasteiger partial charge is 0.0915 e. The van der Waals surface area contributed by atoms with Gasteiger partial charge in [0.2, 0.25) is 0 Å².